The number of nitrogens with one attached hydrogen (secondary N) is 1. The molecule has 4 aromatic rings. The van der Waals surface area contributed by atoms with Gasteiger partial charge in [0.1, 0.15) is 12.4 Å². The zero-order valence-electron chi connectivity index (χ0n) is 20.4. The van der Waals surface area contributed by atoms with Crippen molar-refractivity contribution < 1.29 is 22.4 Å². The zero-order chi connectivity index (χ0) is 27.3. The Hall–Kier alpha value is -4.24. The Morgan fingerprint density at radius 3 is 2.53 bits per heavy atom. The van der Waals surface area contributed by atoms with E-state index in [0.717, 1.165) is 10.2 Å². The second-order valence-electron chi connectivity index (χ2n) is 8.12. The van der Waals surface area contributed by atoms with Crippen molar-refractivity contribution in [1.82, 2.24) is 29.5 Å². The molecule has 0 saturated carbocycles. The molecule has 3 heterocycles. The van der Waals surface area contributed by atoms with Gasteiger partial charge in [0.15, 0.2) is 11.3 Å². The van der Waals surface area contributed by atoms with Crippen LogP contribution in [0.3, 0.4) is 0 Å². The number of aromatic nitrogens is 5. The van der Waals surface area contributed by atoms with Gasteiger partial charge in [0, 0.05) is 31.7 Å². The van der Waals surface area contributed by atoms with Gasteiger partial charge in [0.2, 0.25) is 0 Å². The van der Waals surface area contributed by atoms with Gasteiger partial charge < -0.3 is 11.1 Å². The molecule has 1 amide bonds. The standard InChI is InChI=1S/C14H10F3N5.C11H15FN2O.CH4/c1-3-5-21-8-10(12(20-21)14(15,16)17)11-7-19-13-9(2)18-4-6-22(11)13;1-7-5-8(2)10(9(12)6-7)11(15)14-4-3-13;/h1,4,6-8H,5H2,2H3;5-6H,3-4,13H2,1-2H3,(H,14,15);1H4. The third kappa shape index (κ3) is 6.54. The Kier molecular flexibility index (Phi) is 9.73. The van der Waals surface area contributed by atoms with E-state index in [0.29, 0.717) is 30.0 Å². The Balaban J connectivity index is 0.000000280. The molecule has 202 valence electrons. The predicted molar refractivity (Wildman–Crippen MR) is 137 cm³/mol. The van der Waals surface area contributed by atoms with Gasteiger partial charge in [0.05, 0.1) is 28.7 Å². The van der Waals surface area contributed by atoms with Gasteiger partial charge in [0.25, 0.3) is 5.91 Å². The van der Waals surface area contributed by atoms with Crippen LogP contribution in [0.2, 0.25) is 0 Å². The average Bonchev–Trinajstić information content (AvgIpc) is 3.42. The summed E-state index contributed by atoms with van der Waals surface area (Å²) >= 11 is 0. The van der Waals surface area contributed by atoms with Crippen molar-refractivity contribution in [3.63, 3.8) is 0 Å². The molecule has 0 aliphatic rings. The largest absolute Gasteiger partial charge is 0.435 e. The normalized spacial score (nSPS) is 10.8. The van der Waals surface area contributed by atoms with Crippen LogP contribution in [0, 0.1) is 38.9 Å². The summed E-state index contributed by atoms with van der Waals surface area (Å²) < 4.78 is 55.7. The fourth-order valence-electron chi connectivity index (χ4n) is 3.72. The highest BCUT2D eigenvalue weighted by Gasteiger charge is 2.38. The summed E-state index contributed by atoms with van der Waals surface area (Å²) in [7, 11) is 0. The van der Waals surface area contributed by atoms with E-state index in [4.69, 9.17) is 12.2 Å². The van der Waals surface area contributed by atoms with Gasteiger partial charge in [-0.25, -0.2) is 9.37 Å². The lowest BCUT2D eigenvalue weighted by atomic mass is 10.0. The number of halogens is 4. The molecule has 0 atom stereocenters. The Morgan fingerprint density at radius 2 is 1.92 bits per heavy atom. The third-order valence-corrected chi connectivity index (χ3v) is 5.25. The summed E-state index contributed by atoms with van der Waals surface area (Å²) in [6.07, 6.45) is 6.27. The number of hydrogen-bond donors (Lipinski definition) is 2. The molecule has 3 N–H and O–H groups in total. The van der Waals surface area contributed by atoms with Crippen molar-refractivity contribution in [1.29, 1.82) is 0 Å². The maximum Gasteiger partial charge on any atom is 0.435 e. The number of carbonyl (C=O) groups excluding carboxylic acids is 1. The fourth-order valence-corrected chi connectivity index (χ4v) is 3.72. The van der Waals surface area contributed by atoms with Crippen molar-refractivity contribution in [2.75, 3.05) is 13.1 Å². The molecule has 4 rings (SSSR count). The number of carbonyl (C=O) groups is 1. The summed E-state index contributed by atoms with van der Waals surface area (Å²) in [5.41, 5.74) is 7.15. The molecule has 0 spiro atoms. The lowest BCUT2D eigenvalue weighted by Gasteiger charge is -2.08. The van der Waals surface area contributed by atoms with E-state index in [1.54, 1.807) is 37.4 Å². The van der Waals surface area contributed by atoms with E-state index in [1.807, 2.05) is 0 Å². The van der Waals surface area contributed by atoms with Crippen LogP contribution >= 0.6 is 0 Å². The van der Waals surface area contributed by atoms with Crippen molar-refractivity contribution in [2.45, 2.75) is 40.9 Å². The van der Waals surface area contributed by atoms with Crippen LogP contribution in [0.25, 0.3) is 16.9 Å². The lowest BCUT2D eigenvalue weighted by molar-refractivity contribution is -0.141. The van der Waals surface area contributed by atoms with E-state index in [2.05, 4.69) is 26.3 Å². The first-order chi connectivity index (χ1) is 17.5. The molecular weight excluding hydrogens is 502 g/mol. The highest BCUT2D eigenvalue weighted by molar-refractivity contribution is 5.96. The molecule has 0 bridgehead atoms. The summed E-state index contributed by atoms with van der Waals surface area (Å²) in [5, 5.41) is 6.09. The van der Waals surface area contributed by atoms with E-state index >= 15 is 0 Å². The molecule has 3 aromatic heterocycles. The maximum atomic E-state index is 13.5. The number of alkyl halides is 3. The van der Waals surface area contributed by atoms with Crippen LogP contribution in [-0.4, -0.2) is 43.1 Å². The molecule has 12 heteroatoms. The fraction of sp³-hybridized carbons (Fsp3) is 0.308. The molecule has 8 nitrogen and oxygen atoms in total. The van der Waals surface area contributed by atoms with Crippen LogP contribution in [0.1, 0.15) is 40.3 Å². The monoisotopic (exact) mass is 531 g/mol. The predicted octanol–water partition coefficient (Wildman–Crippen LogP) is 4.32. The van der Waals surface area contributed by atoms with Crippen molar-refractivity contribution in [2.24, 2.45) is 5.73 Å². The number of amides is 1. The quantitative estimate of drug-likeness (QED) is 0.295. The molecule has 1 aromatic carbocycles. The minimum absolute atomic E-state index is 0. The minimum atomic E-state index is -4.58. The number of benzene rings is 1. The molecule has 38 heavy (non-hydrogen) atoms. The van der Waals surface area contributed by atoms with Gasteiger partial charge in [-0.1, -0.05) is 19.4 Å². The minimum Gasteiger partial charge on any atom is -0.351 e. The number of fused-ring (bicyclic) bond motifs is 1. The van der Waals surface area contributed by atoms with Gasteiger partial charge in [-0.15, -0.1) is 6.42 Å². The lowest BCUT2D eigenvalue weighted by Crippen LogP contribution is -2.30. The van der Waals surface area contributed by atoms with Crippen LogP contribution < -0.4 is 11.1 Å². The second kappa shape index (κ2) is 12.3. The molecule has 0 aliphatic heterocycles. The smallest absolute Gasteiger partial charge is 0.351 e. The highest BCUT2D eigenvalue weighted by atomic mass is 19.4. The number of nitrogens with zero attached hydrogens (tertiary/aromatic N) is 5. The number of rotatable bonds is 5. The SMILES string of the molecule is C.C#CCn1cc(-c2cnc3c(C)nccn23)c(C(F)(F)F)n1.Cc1cc(C)c(C(=O)NCCN)c(F)c1. The topological polar surface area (TPSA) is 103 Å². The Labute approximate surface area is 217 Å². The summed E-state index contributed by atoms with van der Waals surface area (Å²) in [6, 6.07) is 3.13. The van der Waals surface area contributed by atoms with Crippen LogP contribution in [0.5, 0.6) is 0 Å². The highest BCUT2D eigenvalue weighted by Crippen LogP contribution is 2.36. The van der Waals surface area contributed by atoms with Crippen LogP contribution in [-0.2, 0) is 12.7 Å². The number of aryl methyl sites for hydroxylation is 3. The number of terminal acetylenes is 1. The summed E-state index contributed by atoms with van der Waals surface area (Å²) in [6.45, 7) is 5.90. The molecular formula is C26H29F4N7O. The molecule has 0 aliphatic carbocycles. The van der Waals surface area contributed by atoms with Gasteiger partial charge in [-0.2, -0.15) is 18.3 Å². The summed E-state index contributed by atoms with van der Waals surface area (Å²) in [4.78, 5) is 19.7. The zero-order valence-corrected chi connectivity index (χ0v) is 20.4. The van der Waals surface area contributed by atoms with Gasteiger partial charge in [-0.05, 0) is 38.0 Å². The third-order valence-electron chi connectivity index (χ3n) is 5.25. The van der Waals surface area contributed by atoms with Crippen molar-refractivity contribution >= 4 is 11.6 Å². The second-order valence-corrected chi connectivity index (χ2v) is 8.12. The van der Waals surface area contributed by atoms with Crippen LogP contribution in [0.15, 0.2) is 36.9 Å². The van der Waals surface area contributed by atoms with Crippen molar-refractivity contribution in [3.8, 4) is 23.6 Å². The molecule has 0 saturated heterocycles. The van der Waals surface area contributed by atoms with Gasteiger partial charge >= 0.3 is 6.18 Å². The number of imidazole rings is 1. The van der Waals surface area contributed by atoms with Gasteiger partial charge in [-0.3, -0.25) is 18.9 Å². The van der Waals surface area contributed by atoms with E-state index in [-0.39, 0.29) is 30.8 Å². The average molecular weight is 532 g/mol. The Bertz CT molecular complexity index is 1440. The van der Waals surface area contributed by atoms with E-state index < -0.39 is 23.6 Å². The first kappa shape index (κ1) is 30.0. The van der Waals surface area contributed by atoms with E-state index in [9.17, 15) is 22.4 Å². The number of hydrogen-bond acceptors (Lipinski definition) is 5. The summed E-state index contributed by atoms with van der Waals surface area (Å²) in [5.74, 6) is 1.38. The first-order valence-corrected chi connectivity index (χ1v) is 11.1. The molecule has 0 unspecified atom stereocenters. The molecule has 0 fully saturated rings. The van der Waals surface area contributed by atoms with Crippen LogP contribution in [0.4, 0.5) is 17.6 Å². The van der Waals surface area contributed by atoms with Crippen molar-refractivity contribution in [3.05, 3.63) is 70.8 Å². The van der Waals surface area contributed by atoms with E-state index in [1.165, 1.54) is 24.7 Å². The molecule has 0 radical (unpaired) electrons. The number of nitrogens with two attached hydrogens (primary N) is 1. The maximum absolute atomic E-state index is 13.5. The first-order valence-electron chi connectivity index (χ1n) is 11.1. The Morgan fingerprint density at radius 1 is 1.21 bits per heavy atom.